The van der Waals surface area contributed by atoms with Gasteiger partial charge >= 0.3 is 5.97 Å². The van der Waals surface area contributed by atoms with E-state index in [0.29, 0.717) is 43.4 Å². The molecule has 2 atom stereocenters. The average molecular weight is 524 g/mol. The van der Waals surface area contributed by atoms with Crippen molar-refractivity contribution in [1.29, 1.82) is 0 Å². The predicted octanol–water partition coefficient (Wildman–Crippen LogP) is 5.75. The van der Waals surface area contributed by atoms with E-state index in [4.69, 9.17) is 9.47 Å². The Bertz CT molecular complexity index is 1280. The van der Waals surface area contributed by atoms with E-state index < -0.39 is 27.1 Å². The summed E-state index contributed by atoms with van der Waals surface area (Å²) in [6.45, 7) is 3.38. The van der Waals surface area contributed by atoms with Gasteiger partial charge in [0.05, 0.1) is 17.4 Å². The second-order valence-corrected chi connectivity index (χ2v) is 11.4. The summed E-state index contributed by atoms with van der Waals surface area (Å²) in [5.74, 6) is 0.316. The molecule has 1 aliphatic rings. The first-order valence-corrected chi connectivity index (χ1v) is 14.2. The number of likely N-dealkylation sites (tertiary alicyclic amines) is 1. The molecular formula is C29H33NO6S. The van der Waals surface area contributed by atoms with Crippen molar-refractivity contribution in [1.82, 2.24) is 4.90 Å². The van der Waals surface area contributed by atoms with Crippen molar-refractivity contribution in [2.75, 3.05) is 13.2 Å². The second kappa shape index (κ2) is 12.3. The molecule has 1 aliphatic heterocycles. The lowest BCUT2D eigenvalue weighted by Gasteiger charge is -2.37. The number of unbranched alkanes of at least 4 members (excludes halogenated alkanes) is 1. The van der Waals surface area contributed by atoms with E-state index in [2.05, 4.69) is 6.92 Å². The quantitative estimate of drug-likeness (QED) is 0.320. The van der Waals surface area contributed by atoms with Crippen LogP contribution in [0.4, 0.5) is 0 Å². The van der Waals surface area contributed by atoms with Crippen LogP contribution >= 0.6 is 0 Å². The molecule has 0 radical (unpaired) electrons. The lowest BCUT2D eigenvalue weighted by Crippen LogP contribution is -2.47. The van der Waals surface area contributed by atoms with Crippen molar-refractivity contribution in [3.05, 3.63) is 84.4 Å². The van der Waals surface area contributed by atoms with Crippen molar-refractivity contribution in [3.63, 3.8) is 0 Å². The van der Waals surface area contributed by atoms with E-state index in [9.17, 15) is 18.3 Å². The fourth-order valence-electron chi connectivity index (χ4n) is 4.49. The molecule has 8 heteroatoms. The molecule has 3 aromatic carbocycles. The summed E-state index contributed by atoms with van der Waals surface area (Å²) in [5, 5.41) is 8.69. The van der Waals surface area contributed by atoms with Gasteiger partial charge in [-0.15, -0.1) is 0 Å². The standard InChI is InChI=1S/C29H33NO6S/c1-2-3-18-35-24-12-14-27(15-13-24)37(33,34)28-20-23(29(31)32)16-17-30(28)21-22-8-7-11-26(19-22)36-25-9-5-4-6-10-25/h4-15,19,23,28H,2-3,16-18,20-21H2,1H3,(H,31,32). The molecule has 1 N–H and O–H groups in total. The molecule has 3 aromatic rings. The fourth-order valence-corrected chi connectivity index (χ4v) is 6.38. The summed E-state index contributed by atoms with van der Waals surface area (Å²) in [6, 6.07) is 23.4. The van der Waals surface area contributed by atoms with Crippen molar-refractivity contribution >= 4 is 15.8 Å². The third-order valence-corrected chi connectivity index (χ3v) is 8.68. The van der Waals surface area contributed by atoms with Crippen molar-refractivity contribution < 1.29 is 27.8 Å². The highest BCUT2D eigenvalue weighted by Gasteiger charge is 2.40. The molecule has 1 fully saturated rings. The number of hydrogen-bond acceptors (Lipinski definition) is 6. The minimum Gasteiger partial charge on any atom is -0.494 e. The van der Waals surface area contributed by atoms with Gasteiger partial charge < -0.3 is 14.6 Å². The molecule has 0 amide bonds. The van der Waals surface area contributed by atoms with Crippen LogP contribution in [-0.4, -0.2) is 42.9 Å². The number of carbonyl (C=O) groups is 1. The predicted molar refractivity (Wildman–Crippen MR) is 142 cm³/mol. The number of piperidine rings is 1. The van der Waals surface area contributed by atoms with E-state index >= 15 is 0 Å². The maximum absolute atomic E-state index is 13.7. The van der Waals surface area contributed by atoms with Gasteiger partial charge in [-0.25, -0.2) is 8.42 Å². The number of carboxylic acid groups (broad SMARTS) is 1. The summed E-state index contributed by atoms with van der Waals surface area (Å²) >= 11 is 0. The highest BCUT2D eigenvalue weighted by molar-refractivity contribution is 7.92. The van der Waals surface area contributed by atoms with Crippen LogP contribution in [-0.2, 0) is 21.2 Å². The van der Waals surface area contributed by atoms with Crippen LogP contribution < -0.4 is 9.47 Å². The number of benzene rings is 3. The number of para-hydroxylation sites is 1. The number of nitrogens with zero attached hydrogens (tertiary/aromatic N) is 1. The molecule has 0 bridgehead atoms. The third kappa shape index (κ3) is 6.90. The van der Waals surface area contributed by atoms with Gasteiger partial charge in [-0.1, -0.05) is 43.7 Å². The molecular weight excluding hydrogens is 490 g/mol. The first-order valence-electron chi connectivity index (χ1n) is 12.6. The minimum atomic E-state index is -3.82. The first kappa shape index (κ1) is 26.7. The molecule has 196 valence electrons. The first-order chi connectivity index (χ1) is 17.9. The monoisotopic (exact) mass is 523 g/mol. The zero-order chi connectivity index (χ0) is 26.3. The smallest absolute Gasteiger partial charge is 0.306 e. The summed E-state index contributed by atoms with van der Waals surface area (Å²) in [7, 11) is -3.82. The maximum Gasteiger partial charge on any atom is 0.306 e. The van der Waals surface area contributed by atoms with Crippen LogP contribution in [0.5, 0.6) is 17.2 Å². The van der Waals surface area contributed by atoms with E-state index in [-0.39, 0.29) is 11.3 Å². The Morgan fingerprint density at radius 3 is 2.41 bits per heavy atom. The molecule has 1 saturated heterocycles. The number of aliphatic carboxylic acids is 1. The Morgan fingerprint density at radius 1 is 0.973 bits per heavy atom. The van der Waals surface area contributed by atoms with E-state index in [1.807, 2.05) is 59.5 Å². The zero-order valence-corrected chi connectivity index (χ0v) is 21.8. The molecule has 4 rings (SSSR count). The summed E-state index contributed by atoms with van der Waals surface area (Å²) in [5.41, 5.74) is 0.891. The highest BCUT2D eigenvalue weighted by Crippen LogP contribution is 2.33. The Kier molecular flexibility index (Phi) is 8.84. The van der Waals surface area contributed by atoms with Gasteiger partial charge in [-0.05, 0) is 73.4 Å². The largest absolute Gasteiger partial charge is 0.494 e. The Hall–Kier alpha value is -3.36. The lowest BCUT2D eigenvalue weighted by molar-refractivity contribution is -0.143. The van der Waals surface area contributed by atoms with Gasteiger partial charge in [0.15, 0.2) is 9.84 Å². The molecule has 0 spiro atoms. The molecule has 0 saturated carbocycles. The normalized spacial score (nSPS) is 18.3. The lowest BCUT2D eigenvalue weighted by atomic mass is 9.96. The molecule has 0 aromatic heterocycles. The van der Waals surface area contributed by atoms with Crippen LogP contribution in [0.2, 0.25) is 0 Å². The number of sulfone groups is 1. The molecule has 2 unspecified atom stereocenters. The zero-order valence-electron chi connectivity index (χ0n) is 21.0. The van der Waals surface area contributed by atoms with Crippen LogP contribution in [0.25, 0.3) is 0 Å². The van der Waals surface area contributed by atoms with Crippen molar-refractivity contribution in [3.8, 4) is 17.2 Å². The minimum absolute atomic E-state index is 0.0343. The van der Waals surface area contributed by atoms with Gasteiger partial charge in [0.25, 0.3) is 0 Å². The van der Waals surface area contributed by atoms with Crippen molar-refractivity contribution in [2.45, 2.75) is 49.4 Å². The molecule has 1 heterocycles. The summed E-state index contributed by atoms with van der Waals surface area (Å²) in [6.07, 6.45) is 2.36. The van der Waals surface area contributed by atoms with Gasteiger partial charge in [-0.2, -0.15) is 0 Å². The van der Waals surface area contributed by atoms with Crippen molar-refractivity contribution in [2.24, 2.45) is 5.92 Å². The molecule has 0 aliphatic carbocycles. The van der Waals surface area contributed by atoms with Gasteiger partial charge in [0.2, 0.25) is 0 Å². The number of hydrogen-bond donors (Lipinski definition) is 1. The van der Waals surface area contributed by atoms with Gasteiger partial charge in [-0.3, -0.25) is 9.69 Å². The highest BCUT2D eigenvalue weighted by atomic mass is 32.2. The molecule has 7 nitrogen and oxygen atoms in total. The Labute approximate surface area is 218 Å². The SMILES string of the molecule is CCCCOc1ccc(S(=O)(=O)C2CC(C(=O)O)CCN2Cc2cccc(Oc3ccccc3)c2)cc1. The van der Waals surface area contributed by atoms with Crippen LogP contribution in [0.15, 0.2) is 83.8 Å². The van der Waals surface area contributed by atoms with Crippen LogP contribution in [0.1, 0.15) is 38.2 Å². The van der Waals surface area contributed by atoms with Crippen LogP contribution in [0, 0.1) is 5.92 Å². The molecule has 37 heavy (non-hydrogen) atoms. The van der Waals surface area contributed by atoms with E-state index in [1.54, 1.807) is 24.3 Å². The fraction of sp³-hybridized carbons (Fsp3) is 0.345. The average Bonchev–Trinajstić information content (AvgIpc) is 2.90. The summed E-state index contributed by atoms with van der Waals surface area (Å²) in [4.78, 5) is 13.8. The topological polar surface area (TPSA) is 93.1 Å². The van der Waals surface area contributed by atoms with Crippen LogP contribution in [0.3, 0.4) is 0 Å². The second-order valence-electron chi connectivity index (χ2n) is 9.27. The Balaban J connectivity index is 1.54. The van der Waals surface area contributed by atoms with Gasteiger partial charge in [0.1, 0.15) is 22.6 Å². The number of carboxylic acids is 1. The summed E-state index contributed by atoms with van der Waals surface area (Å²) < 4.78 is 39.1. The van der Waals surface area contributed by atoms with Gasteiger partial charge in [0, 0.05) is 13.1 Å². The number of ether oxygens (including phenoxy) is 2. The Morgan fingerprint density at radius 2 is 1.70 bits per heavy atom. The van der Waals surface area contributed by atoms with E-state index in [0.717, 1.165) is 18.4 Å². The third-order valence-electron chi connectivity index (χ3n) is 6.55. The maximum atomic E-state index is 13.7. The van der Waals surface area contributed by atoms with E-state index in [1.165, 1.54) is 0 Å². The number of rotatable bonds is 11.